The van der Waals surface area contributed by atoms with Crippen molar-refractivity contribution in [2.75, 3.05) is 5.32 Å². The van der Waals surface area contributed by atoms with Gasteiger partial charge in [0.1, 0.15) is 0 Å². The number of nitrogens with one attached hydrogen (secondary N) is 1. The van der Waals surface area contributed by atoms with Gasteiger partial charge in [-0.1, -0.05) is 146 Å². The van der Waals surface area contributed by atoms with Crippen molar-refractivity contribution in [2.45, 2.75) is 5.41 Å². The maximum Gasteiger partial charge on any atom is 0.0714 e. The van der Waals surface area contributed by atoms with Crippen LogP contribution in [0.15, 0.2) is 170 Å². The van der Waals surface area contributed by atoms with Crippen molar-refractivity contribution < 1.29 is 0 Å². The molecule has 0 fully saturated rings. The minimum Gasteiger partial charge on any atom is -0.355 e. The molecule has 0 bridgehead atoms. The third-order valence-electron chi connectivity index (χ3n) is 8.71. The summed E-state index contributed by atoms with van der Waals surface area (Å²) in [5.74, 6) is 0. The van der Waals surface area contributed by atoms with Crippen molar-refractivity contribution in [3.8, 4) is 22.3 Å². The summed E-state index contributed by atoms with van der Waals surface area (Å²) >= 11 is 0. The molecule has 0 spiro atoms. The van der Waals surface area contributed by atoms with E-state index in [4.69, 9.17) is 0 Å². The van der Waals surface area contributed by atoms with Gasteiger partial charge >= 0.3 is 0 Å². The quantitative estimate of drug-likeness (QED) is 0.231. The molecule has 8 rings (SSSR count). The predicted octanol–water partition coefficient (Wildman–Crippen LogP) is 10.6. The van der Waals surface area contributed by atoms with Crippen LogP contribution in [-0.4, -0.2) is 0 Å². The fourth-order valence-corrected chi connectivity index (χ4v) is 6.90. The van der Waals surface area contributed by atoms with Crippen molar-refractivity contribution in [1.82, 2.24) is 0 Å². The highest BCUT2D eigenvalue weighted by Crippen LogP contribution is 2.58. The van der Waals surface area contributed by atoms with E-state index < -0.39 is 5.41 Å². The smallest absolute Gasteiger partial charge is 0.0714 e. The first-order valence-corrected chi connectivity index (χ1v) is 14.5. The Hall–Kier alpha value is -5.40. The Morgan fingerprint density at radius 3 is 1.81 bits per heavy atom. The fourth-order valence-electron chi connectivity index (χ4n) is 6.90. The zero-order valence-corrected chi connectivity index (χ0v) is 23.2. The molecule has 0 aromatic heterocycles. The van der Waals surface area contributed by atoms with E-state index in [0.717, 1.165) is 11.4 Å². The van der Waals surface area contributed by atoms with E-state index in [1.165, 1.54) is 55.3 Å². The highest BCUT2D eigenvalue weighted by molar-refractivity contribution is 5.95. The highest BCUT2D eigenvalue weighted by atomic mass is 14.9. The molecule has 1 aliphatic carbocycles. The number of rotatable bonds is 5. The Labute approximate surface area is 246 Å². The van der Waals surface area contributed by atoms with Gasteiger partial charge in [0.2, 0.25) is 0 Å². The maximum absolute atomic E-state index is 3.83. The largest absolute Gasteiger partial charge is 0.355 e. The number of anilines is 2. The van der Waals surface area contributed by atoms with Gasteiger partial charge in [-0.2, -0.15) is 0 Å². The molecule has 0 radical (unpaired) electrons. The zero-order valence-electron chi connectivity index (χ0n) is 23.2. The Morgan fingerprint density at radius 1 is 0.405 bits per heavy atom. The van der Waals surface area contributed by atoms with Gasteiger partial charge < -0.3 is 5.32 Å². The lowest BCUT2D eigenvalue weighted by Gasteiger charge is -2.33. The lowest BCUT2D eigenvalue weighted by Crippen LogP contribution is -2.28. The van der Waals surface area contributed by atoms with Crippen molar-refractivity contribution in [3.05, 3.63) is 192 Å². The van der Waals surface area contributed by atoms with Gasteiger partial charge in [-0.15, -0.1) is 0 Å². The fraction of sp³-hybridized carbons (Fsp3) is 0.0244. The lowest BCUT2D eigenvalue weighted by atomic mass is 9.68. The summed E-state index contributed by atoms with van der Waals surface area (Å²) in [5.41, 5.74) is 11.9. The molecule has 1 aliphatic rings. The van der Waals surface area contributed by atoms with Crippen LogP contribution in [0.4, 0.5) is 11.4 Å². The molecule has 0 aliphatic heterocycles. The average molecular weight is 536 g/mol. The number of hydrogen-bond donors (Lipinski definition) is 1. The van der Waals surface area contributed by atoms with Crippen LogP contribution < -0.4 is 5.32 Å². The van der Waals surface area contributed by atoms with Gasteiger partial charge in [0.15, 0.2) is 0 Å². The summed E-state index contributed by atoms with van der Waals surface area (Å²) in [6.07, 6.45) is 0. The second-order valence-corrected chi connectivity index (χ2v) is 11.0. The Balaban J connectivity index is 1.29. The first-order chi connectivity index (χ1) is 20.8. The third kappa shape index (κ3) is 3.78. The molecule has 1 N–H and O–H groups in total. The molecular weight excluding hydrogens is 506 g/mol. The average Bonchev–Trinajstić information content (AvgIpc) is 3.37. The van der Waals surface area contributed by atoms with Crippen LogP contribution in [0.5, 0.6) is 0 Å². The Bertz CT molecular complexity index is 2020. The summed E-state index contributed by atoms with van der Waals surface area (Å²) < 4.78 is 0. The van der Waals surface area contributed by atoms with Crippen LogP contribution in [0, 0.1) is 0 Å². The number of benzene rings is 7. The number of fused-ring (bicyclic) bond motifs is 4. The zero-order chi connectivity index (χ0) is 27.9. The van der Waals surface area contributed by atoms with Gasteiger partial charge in [-0.05, 0) is 74.0 Å². The third-order valence-corrected chi connectivity index (χ3v) is 8.71. The first kappa shape index (κ1) is 24.4. The van der Waals surface area contributed by atoms with Crippen LogP contribution in [0.3, 0.4) is 0 Å². The van der Waals surface area contributed by atoms with E-state index in [2.05, 4.69) is 175 Å². The Kier molecular flexibility index (Phi) is 5.75. The van der Waals surface area contributed by atoms with Crippen LogP contribution in [0.25, 0.3) is 33.0 Å². The van der Waals surface area contributed by atoms with Crippen molar-refractivity contribution in [3.63, 3.8) is 0 Å². The molecule has 198 valence electrons. The van der Waals surface area contributed by atoms with E-state index in [-0.39, 0.29) is 0 Å². The molecule has 0 saturated carbocycles. The minimum absolute atomic E-state index is 0.404. The first-order valence-electron chi connectivity index (χ1n) is 14.5. The second kappa shape index (κ2) is 9.90. The number of hydrogen-bond acceptors (Lipinski definition) is 1. The van der Waals surface area contributed by atoms with Gasteiger partial charge in [-0.25, -0.2) is 0 Å². The molecule has 1 heteroatoms. The lowest BCUT2D eigenvalue weighted by molar-refractivity contribution is 0.768. The molecule has 0 unspecified atom stereocenters. The molecule has 0 heterocycles. The summed E-state index contributed by atoms with van der Waals surface area (Å²) in [6.45, 7) is 0. The molecule has 7 aromatic rings. The molecule has 1 nitrogen and oxygen atoms in total. The molecule has 0 saturated heterocycles. The van der Waals surface area contributed by atoms with Gasteiger partial charge in [-0.3, -0.25) is 0 Å². The molecule has 0 amide bonds. The molecule has 7 aromatic carbocycles. The van der Waals surface area contributed by atoms with Gasteiger partial charge in [0.25, 0.3) is 0 Å². The maximum atomic E-state index is 3.83. The summed E-state index contributed by atoms with van der Waals surface area (Å²) in [4.78, 5) is 0. The van der Waals surface area contributed by atoms with Crippen molar-refractivity contribution in [1.29, 1.82) is 0 Å². The monoisotopic (exact) mass is 535 g/mol. The SMILES string of the molecule is c1ccc(C2(c3ccccc3)c3ccccc3-c3c(Nc4cccc(-c5ccc6ccccc6c5)c4)cccc32)cc1. The van der Waals surface area contributed by atoms with E-state index in [0.29, 0.717) is 0 Å². The Morgan fingerprint density at radius 2 is 1.02 bits per heavy atom. The molecule has 42 heavy (non-hydrogen) atoms. The normalized spacial score (nSPS) is 13.0. The summed E-state index contributed by atoms with van der Waals surface area (Å²) in [5, 5.41) is 6.35. The predicted molar refractivity (Wildman–Crippen MR) is 176 cm³/mol. The van der Waals surface area contributed by atoms with E-state index in [9.17, 15) is 0 Å². The second-order valence-electron chi connectivity index (χ2n) is 11.0. The molecular formula is C41H29N. The van der Waals surface area contributed by atoms with Crippen LogP contribution >= 0.6 is 0 Å². The van der Waals surface area contributed by atoms with Crippen LogP contribution in [0.1, 0.15) is 22.3 Å². The summed E-state index contributed by atoms with van der Waals surface area (Å²) in [6, 6.07) is 61.5. The highest BCUT2D eigenvalue weighted by Gasteiger charge is 2.46. The van der Waals surface area contributed by atoms with Crippen molar-refractivity contribution in [2.24, 2.45) is 0 Å². The topological polar surface area (TPSA) is 12.0 Å². The standard InChI is InChI=1S/C41H29N/c1-3-16-33(17-4-1)41(34-18-5-2-6-19-34)37-22-10-9-21-36(37)40-38(41)23-12-24-39(40)42-35-20-11-15-31(28-35)32-26-25-29-13-7-8-14-30(29)27-32/h1-28,42H. The van der Waals surface area contributed by atoms with E-state index >= 15 is 0 Å². The van der Waals surface area contributed by atoms with E-state index in [1.807, 2.05) is 0 Å². The summed E-state index contributed by atoms with van der Waals surface area (Å²) in [7, 11) is 0. The van der Waals surface area contributed by atoms with Crippen LogP contribution in [-0.2, 0) is 5.41 Å². The molecule has 0 atom stereocenters. The van der Waals surface area contributed by atoms with Crippen molar-refractivity contribution >= 4 is 22.1 Å². The minimum atomic E-state index is -0.404. The van der Waals surface area contributed by atoms with Crippen LogP contribution in [0.2, 0.25) is 0 Å². The van der Waals surface area contributed by atoms with Gasteiger partial charge in [0, 0.05) is 16.9 Å². The van der Waals surface area contributed by atoms with E-state index in [1.54, 1.807) is 0 Å². The van der Waals surface area contributed by atoms with Gasteiger partial charge in [0.05, 0.1) is 5.41 Å².